The summed E-state index contributed by atoms with van der Waals surface area (Å²) in [5, 5.41) is 3.42. The third-order valence-corrected chi connectivity index (χ3v) is 3.91. The topological polar surface area (TPSA) is 54.9 Å². The van der Waals surface area contributed by atoms with Crippen molar-refractivity contribution in [3.8, 4) is 0 Å². The standard InChI is InChI=1S/C14H23N3OS/c1-8(2)7-15-13(18)12(6)19-14-16-10(4)9(3)11(5)17-14/h8,12H,7H2,1-6H3,(H,15,18)/t12-/m0/s1. The first-order chi connectivity index (χ1) is 8.81. The lowest BCUT2D eigenvalue weighted by Gasteiger charge is -2.13. The molecule has 1 heterocycles. The van der Waals surface area contributed by atoms with Crippen molar-refractivity contribution in [3.63, 3.8) is 0 Å². The maximum absolute atomic E-state index is 11.9. The van der Waals surface area contributed by atoms with Gasteiger partial charge in [0.05, 0.1) is 5.25 Å². The van der Waals surface area contributed by atoms with E-state index in [0.717, 1.165) is 17.0 Å². The Morgan fingerprint density at radius 2 is 1.68 bits per heavy atom. The summed E-state index contributed by atoms with van der Waals surface area (Å²) in [5.41, 5.74) is 3.07. The number of carbonyl (C=O) groups excluding carboxylic acids is 1. The highest BCUT2D eigenvalue weighted by Crippen LogP contribution is 2.21. The van der Waals surface area contributed by atoms with E-state index in [9.17, 15) is 4.79 Å². The van der Waals surface area contributed by atoms with Crippen LogP contribution in [0.1, 0.15) is 37.7 Å². The van der Waals surface area contributed by atoms with Crippen LogP contribution in [-0.4, -0.2) is 27.7 Å². The predicted octanol–water partition coefficient (Wildman–Crippen LogP) is 2.65. The number of aromatic nitrogens is 2. The highest BCUT2D eigenvalue weighted by atomic mass is 32.2. The van der Waals surface area contributed by atoms with Crippen LogP contribution < -0.4 is 5.32 Å². The molecule has 0 aliphatic heterocycles. The van der Waals surface area contributed by atoms with Gasteiger partial charge in [0.2, 0.25) is 5.91 Å². The molecule has 19 heavy (non-hydrogen) atoms. The van der Waals surface area contributed by atoms with Crippen LogP contribution in [0.5, 0.6) is 0 Å². The van der Waals surface area contributed by atoms with E-state index in [0.29, 0.717) is 17.6 Å². The first kappa shape index (κ1) is 16.0. The van der Waals surface area contributed by atoms with Crippen LogP contribution in [0.4, 0.5) is 0 Å². The molecular weight excluding hydrogens is 258 g/mol. The Bertz CT molecular complexity index is 437. The van der Waals surface area contributed by atoms with E-state index < -0.39 is 0 Å². The molecule has 1 aromatic heterocycles. The Labute approximate surface area is 119 Å². The highest BCUT2D eigenvalue weighted by Gasteiger charge is 2.16. The van der Waals surface area contributed by atoms with E-state index in [1.54, 1.807) is 0 Å². The van der Waals surface area contributed by atoms with Gasteiger partial charge < -0.3 is 5.32 Å². The highest BCUT2D eigenvalue weighted by molar-refractivity contribution is 8.00. The van der Waals surface area contributed by atoms with Gasteiger partial charge in [-0.2, -0.15) is 0 Å². The molecule has 0 fully saturated rings. The van der Waals surface area contributed by atoms with Gasteiger partial charge in [0.1, 0.15) is 0 Å². The third kappa shape index (κ3) is 4.82. The van der Waals surface area contributed by atoms with Crippen molar-refractivity contribution in [2.75, 3.05) is 6.54 Å². The summed E-state index contributed by atoms with van der Waals surface area (Å²) >= 11 is 1.41. The molecule has 0 aromatic carbocycles. The Hall–Kier alpha value is -1.10. The molecule has 1 atom stereocenters. The Balaban J connectivity index is 2.66. The van der Waals surface area contributed by atoms with Gasteiger partial charge in [0.15, 0.2) is 5.16 Å². The maximum Gasteiger partial charge on any atom is 0.233 e. The minimum absolute atomic E-state index is 0.0400. The summed E-state index contributed by atoms with van der Waals surface area (Å²) in [6.45, 7) is 12.7. The number of thioether (sulfide) groups is 1. The minimum atomic E-state index is -0.180. The molecule has 4 nitrogen and oxygen atoms in total. The zero-order valence-corrected chi connectivity index (χ0v) is 13.4. The fourth-order valence-corrected chi connectivity index (χ4v) is 2.34. The summed E-state index contributed by atoms with van der Waals surface area (Å²) in [7, 11) is 0. The molecule has 1 N–H and O–H groups in total. The second-order valence-corrected chi connectivity index (χ2v) is 6.51. The summed E-state index contributed by atoms with van der Waals surface area (Å²) in [6, 6.07) is 0. The van der Waals surface area contributed by atoms with Crippen molar-refractivity contribution < 1.29 is 4.79 Å². The average Bonchev–Trinajstić information content (AvgIpc) is 2.32. The van der Waals surface area contributed by atoms with Gasteiger partial charge in [-0.25, -0.2) is 9.97 Å². The summed E-state index contributed by atoms with van der Waals surface area (Å²) in [4.78, 5) is 20.7. The van der Waals surface area contributed by atoms with E-state index in [2.05, 4.69) is 29.1 Å². The molecule has 0 aliphatic carbocycles. The van der Waals surface area contributed by atoms with Gasteiger partial charge in [-0.05, 0) is 39.2 Å². The fraction of sp³-hybridized carbons (Fsp3) is 0.643. The Morgan fingerprint density at radius 3 is 2.16 bits per heavy atom. The molecule has 0 radical (unpaired) electrons. The number of amides is 1. The van der Waals surface area contributed by atoms with Crippen molar-refractivity contribution >= 4 is 17.7 Å². The van der Waals surface area contributed by atoms with Crippen LogP contribution in [0, 0.1) is 26.7 Å². The molecule has 0 bridgehead atoms. The lowest BCUT2D eigenvalue weighted by Crippen LogP contribution is -2.33. The van der Waals surface area contributed by atoms with Crippen molar-refractivity contribution in [3.05, 3.63) is 17.0 Å². The number of aryl methyl sites for hydroxylation is 2. The number of hydrogen-bond acceptors (Lipinski definition) is 4. The van der Waals surface area contributed by atoms with E-state index in [1.165, 1.54) is 11.8 Å². The molecule has 0 saturated heterocycles. The molecule has 0 spiro atoms. The number of nitrogens with one attached hydrogen (secondary N) is 1. The summed E-state index contributed by atoms with van der Waals surface area (Å²) in [6.07, 6.45) is 0. The number of nitrogens with zero attached hydrogens (tertiary/aromatic N) is 2. The van der Waals surface area contributed by atoms with E-state index in [4.69, 9.17) is 0 Å². The Morgan fingerprint density at radius 1 is 1.16 bits per heavy atom. The Kier molecular flexibility index (Phi) is 5.79. The molecule has 1 aromatic rings. The van der Waals surface area contributed by atoms with Crippen LogP contribution in [0.25, 0.3) is 0 Å². The SMILES string of the molecule is Cc1nc(S[C@@H](C)C(=O)NCC(C)C)nc(C)c1C. The predicted molar refractivity (Wildman–Crippen MR) is 79.4 cm³/mol. The lowest BCUT2D eigenvalue weighted by molar-refractivity contribution is -0.120. The van der Waals surface area contributed by atoms with Gasteiger partial charge in [-0.1, -0.05) is 25.6 Å². The summed E-state index contributed by atoms with van der Waals surface area (Å²) < 4.78 is 0. The van der Waals surface area contributed by atoms with Gasteiger partial charge in [0.25, 0.3) is 0 Å². The maximum atomic E-state index is 11.9. The average molecular weight is 281 g/mol. The molecular formula is C14H23N3OS. The van der Waals surface area contributed by atoms with Gasteiger partial charge in [-0.15, -0.1) is 0 Å². The number of rotatable bonds is 5. The smallest absolute Gasteiger partial charge is 0.233 e. The third-order valence-electron chi connectivity index (χ3n) is 2.95. The van der Waals surface area contributed by atoms with Crippen molar-refractivity contribution in [1.82, 2.24) is 15.3 Å². The zero-order valence-electron chi connectivity index (χ0n) is 12.6. The van der Waals surface area contributed by atoms with Crippen LogP contribution in [0.15, 0.2) is 5.16 Å². The lowest BCUT2D eigenvalue weighted by atomic mass is 10.2. The molecule has 106 valence electrons. The second-order valence-electron chi connectivity index (χ2n) is 5.20. The van der Waals surface area contributed by atoms with Gasteiger partial charge in [0, 0.05) is 17.9 Å². The molecule has 0 saturated carbocycles. The molecule has 0 unspecified atom stereocenters. The first-order valence-corrected chi connectivity index (χ1v) is 7.45. The van der Waals surface area contributed by atoms with Crippen LogP contribution in [0.2, 0.25) is 0 Å². The van der Waals surface area contributed by atoms with Crippen molar-refractivity contribution in [2.45, 2.75) is 51.9 Å². The number of carbonyl (C=O) groups is 1. The fourth-order valence-electron chi connectivity index (χ4n) is 1.45. The quantitative estimate of drug-likeness (QED) is 0.666. The second kappa shape index (κ2) is 6.89. The summed E-state index contributed by atoms with van der Waals surface area (Å²) in [5.74, 6) is 0.499. The van der Waals surface area contributed by atoms with Gasteiger partial charge >= 0.3 is 0 Å². The van der Waals surface area contributed by atoms with Crippen LogP contribution in [0.3, 0.4) is 0 Å². The van der Waals surface area contributed by atoms with Gasteiger partial charge in [-0.3, -0.25) is 4.79 Å². The normalized spacial score (nSPS) is 12.6. The number of hydrogen-bond donors (Lipinski definition) is 1. The van der Waals surface area contributed by atoms with E-state index in [-0.39, 0.29) is 11.2 Å². The van der Waals surface area contributed by atoms with Crippen molar-refractivity contribution in [1.29, 1.82) is 0 Å². The first-order valence-electron chi connectivity index (χ1n) is 6.57. The zero-order chi connectivity index (χ0) is 14.6. The monoisotopic (exact) mass is 281 g/mol. The molecule has 5 heteroatoms. The molecule has 1 rings (SSSR count). The van der Waals surface area contributed by atoms with Crippen LogP contribution in [-0.2, 0) is 4.79 Å². The van der Waals surface area contributed by atoms with Crippen molar-refractivity contribution in [2.24, 2.45) is 5.92 Å². The molecule has 0 aliphatic rings. The minimum Gasteiger partial charge on any atom is -0.355 e. The largest absolute Gasteiger partial charge is 0.355 e. The van der Waals surface area contributed by atoms with E-state index in [1.807, 2.05) is 27.7 Å². The van der Waals surface area contributed by atoms with Crippen LogP contribution >= 0.6 is 11.8 Å². The van der Waals surface area contributed by atoms with E-state index >= 15 is 0 Å². The molecule has 1 amide bonds.